The molecule has 3 nitrogen and oxygen atoms in total. The summed E-state index contributed by atoms with van der Waals surface area (Å²) in [6, 6.07) is 8.55. The summed E-state index contributed by atoms with van der Waals surface area (Å²) in [5.41, 5.74) is 1.09. The van der Waals surface area contributed by atoms with E-state index in [4.69, 9.17) is 0 Å². The van der Waals surface area contributed by atoms with Gasteiger partial charge in [0.25, 0.3) is 0 Å². The van der Waals surface area contributed by atoms with Crippen LogP contribution in [0.4, 0.5) is 0 Å². The fourth-order valence-corrected chi connectivity index (χ4v) is 3.40. The van der Waals surface area contributed by atoms with Gasteiger partial charge in [-0.25, -0.2) is 0 Å². The van der Waals surface area contributed by atoms with Crippen LogP contribution in [0, 0.1) is 5.92 Å². The number of piperidine rings is 1. The van der Waals surface area contributed by atoms with Gasteiger partial charge >= 0.3 is 0 Å². The van der Waals surface area contributed by atoms with Crippen molar-refractivity contribution in [2.24, 2.45) is 5.92 Å². The topological polar surface area (TPSA) is 32.3 Å². The van der Waals surface area contributed by atoms with Crippen LogP contribution in [-0.2, 0) is 11.2 Å². The van der Waals surface area contributed by atoms with E-state index >= 15 is 0 Å². The lowest BCUT2D eigenvalue weighted by Gasteiger charge is -2.24. The Morgan fingerprint density at radius 1 is 1.32 bits per heavy atom. The van der Waals surface area contributed by atoms with Gasteiger partial charge in [-0.3, -0.25) is 4.79 Å². The minimum atomic E-state index is 0.263. The van der Waals surface area contributed by atoms with Gasteiger partial charge in [0, 0.05) is 23.6 Å². The first-order valence-corrected chi connectivity index (χ1v) is 7.77. The molecule has 1 aromatic carbocycles. The molecule has 2 aliphatic rings. The Morgan fingerprint density at radius 3 is 2.84 bits per heavy atom. The molecule has 2 saturated heterocycles. The molecule has 0 bridgehead atoms. The summed E-state index contributed by atoms with van der Waals surface area (Å²) in [6.45, 7) is 2.93. The van der Waals surface area contributed by atoms with E-state index in [1.54, 1.807) is 0 Å². The highest BCUT2D eigenvalue weighted by atomic mass is 79.9. The van der Waals surface area contributed by atoms with E-state index in [1.165, 1.54) is 12.8 Å². The van der Waals surface area contributed by atoms with Gasteiger partial charge < -0.3 is 10.2 Å². The number of nitrogens with zero attached hydrogens (tertiary/aromatic N) is 1. The average Bonchev–Trinajstić information content (AvgIpc) is 2.85. The van der Waals surface area contributed by atoms with Gasteiger partial charge in [0.2, 0.25) is 5.91 Å². The van der Waals surface area contributed by atoms with Crippen LogP contribution < -0.4 is 5.32 Å². The molecule has 0 aliphatic carbocycles. The monoisotopic (exact) mass is 322 g/mol. The second-order valence-electron chi connectivity index (χ2n) is 5.56. The number of benzene rings is 1. The molecule has 102 valence electrons. The molecule has 4 heteroatoms. The molecule has 0 saturated carbocycles. The number of halogens is 1. The number of carbonyl (C=O) groups excluding carboxylic acids is 1. The number of rotatable bonds is 2. The van der Waals surface area contributed by atoms with Crippen LogP contribution in [0.5, 0.6) is 0 Å². The summed E-state index contributed by atoms with van der Waals surface area (Å²) in [6.07, 6.45) is 3.03. The molecule has 2 aliphatic heterocycles. The minimum Gasteiger partial charge on any atom is -0.341 e. The van der Waals surface area contributed by atoms with Crippen molar-refractivity contribution in [3.8, 4) is 0 Å². The summed E-state index contributed by atoms with van der Waals surface area (Å²) in [7, 11) is 0. The van der Waals surface area contributed by atoms with Gasteiger partial charge in [0.15, 0.2) is 0 Å². The van der Waals surface area contributed by atoms with E-state index in [9.17, 15) is 4.79 Å². The number of likely N-dealkylation sites (tertiary alicyclic amines) is 1. The highest BCUT2D eigenvalue weighted by molar-refractivity contribution is 9.10. The van der Waals surface area contributed by atoms with Gasteiger partial charge in [-0.2, -0.15) is 0 Å². The highest BCUT2D eigenvalue weighted by Gasteiger charge is 2.36. The van der Waals surface area contributed by atoms with Gasteiger partial charge in [-0.05, 0) is 43.0 Å². The summed E-state index contributed by atoms with van der Waals surface area (Å²) >= 11 is 3.42. The van der Waals surface area contributed by atoms with Crippen LogP contribution >= 0.6 is 15.9 Å². The van der Waals surface area contributed by atoms with Crippen LogP contribution in [0.1, 0.15) is 18.4 Å². The smallest absolute Gasteiger partial charge is 0.227 e. The van der Waals surface area contributed by atoms with Gasteiger partial charge in [0.05, 0.1) is 6.42 Å². The maximum Gasteiger partial charge on any atom is 0.227 e. The first kappa shape index (κ1) is 13.1. The summed E-state index contributed by atoms with van der Waals surface area (Å²) < 4.78 is 1.06. The van der Waals surface area contributed by atoms with Crippen molar-refractivity contribution in [2.45, 2.75) is 25.3 Å². The Hall–Kier alpha value is -0.870. The molecule has 2 heterocycles. The van der Waals surface area contributed by atoms with Gasteiger partial charge in [-0.1, -0.05) is 28.1 Å². The lowest BCUT2D eigenvalue weighted by Crippen LogP contribution is -2.41. The Balaban J connectivity index is 1.60. The standard InChI is InChI=1S/C15H19BrN2O/c16-13-5-3-11(4-6-13)8-15(19)18-9-12-2-1-7-17-14(12)10-18/h3-6,12,14,17H,1-2,7-10H2/t12-,14+/m0/s1. The number of nitrogens with one attached hydrogen (secondary N) is 1. The first-order chi connectivity index (χ1) is 9.22. The summed E-state index contributed by atoms with van der Waals surface area (Å²) in [4.78, 5) is 14.4. The Kier molecular flexibility index (Phi) is 3.89. The third kappa shape index (κ3) is 3.00. The second kappa shape index (κ2) is 5.63. The van der Waals surface area contributed by atoms with Crippen molar-refractivity contribution >= 4 is 21.8 Å². The fourth-order valence-electron chi connectivity index (χ4n) is 3.14. The van der Waals surface area contributed by atoms with Crippen molar-refractivity contribution in [3.63, 3.8) is 0 Å². The van der Waals surface area contributed by atoms with Crippen LogP contribution in [0.15, 0.2) is 28.7 Å². The SMILES string of the molecule is O=C(Cc1ccc(Br)cc1)N1C[C@@H]2CCCN[C@@H]2C1. The lowest BCUT2D eigenvalue weighted by molar-refractivity contribution is -0.129. The zero-order valence-corrected chi connectivity index (χ0v) is 12.5. The number of hydrogen-bond acceptors (Lipinski definition) is 2. The molecule has 3 rings (SSSR count). The van der Waals surface area contributed by atoms with Crippen LogP contribution in [-0.4, -0.2) is 36.5 Å². The fraction of sp³-hybridized carbons (Fsp3) is 0.533. The minimum absolute atomic E-state index is 0.263. The average molecular weight is 323 g/mol. The van der Waals surface area contributed by atoms with Crippen molar-refractivity contribution in [1.29, 1.82) is 0 Å². The maximum absolute atomic E-state index is 12.3. The van der Waals surface area contributed by atoms with Crippen molar-refractivity contribution in [2.75, 3.05) is 19.6 Å². The molecule has 0 radical (unpaired) electrons. The molecular formula is C15H19BrN2O. The molecule has 1 amide bonds. The number of amides is 1. The Morgan fingerprint density at radius 2 is 2.11 bits per heavy atom. The molecule has 1 N–H and O–H groups in total. The van der Waals surface area contributed by atoms with E-state index in [2.05, 4.69) is 21.2 Å². The quantitative estimate of drug-likeness (QED) is 0.905. The predicted molar refractivity (Wildman–Crippen MR) is 78.9 cm³/mol. The molecule has 0 unspecified atom stereocenters. The van der Waals surface area contributed by atoms with Crippen molar-refractivity contribution in [1.82, 2.24) is 10.2 Å². The first-order valence-electron chi connectivity index (χ1n) is 6.98. The molecule has 1 aromatic rings. The molecular weight excluding hydrogens is 304 g/mol. The van der Waals surface area contributed by atoms with Crippen molar-refractivity contribution < 1.29 is 4.79 Å². The van der Waals surface area contributed by atoms with E-state index in [0.717, 1.165) is 29.7 Å². The highest BCUT2D eigenvalue weighted by Crippen LogP contribution is 2.25. The maximum atomic E-state index is 12.3. The predicted octanol–water partition coefficient (Wildman–Crippen LogP) is 2.20. The Bertz CT molecular complexity index is 446. The molecule has 0 spiro atoms. The third-order valence-electron chi connectivity index (χ3n) is 4.22. The molecule has 0 aromatic heterocycles. The lowest BCUT2D eigenvalue weighted by atomic mass is 9.94. The van der Waals surface area contributed by atoms with Gasteiger partial charge in [0.1, 0.15) is 0 Å². The van der Waals surface area contributed by atoms with Crippen LogP contribution in [0.2, 0.25) is 0 Å². The van der Waals surface area contributed by atoms with Crippen LogP contribution in [0.3, 0.4) is 0 Å². The Labute approximate surface area is 122 Å². The van der Waals surface area contributed by atoms with E-state index in [-0.39, 0.29) is 5.91 Å². The summed E-state index contributed by atoms with van der Waals surface area (Å²) in [5.74, 6) is 0.932. The zero-order valence-electron chi connectivity index (χ0n) is 10.9. The van der Waals surface area contributed by atoms with E-state index in [0.29, 0.717) is 18.4 Å². The molecule has 19 heavy (non-hydrogen) atoms. The van der Waals surface area contributed by atoms with E-state index < -0.39 is 0 Å². The second-order valence-corrected chi connectivity index (χ2v) is 6.48. The molecule has 2 fully saturated rings. The normalized spacial score (nSPS) is 26.3. The number of hydrogen-bond donors (Lipinski definition) is 1. The number of fused-ring (bicyclic) bond motifs is 1. The van der Waals surface area contributed by atoms with Crippen molar-refractivity contribution in [3.05, 3.63) is 34.3 Å². The largest absolute Gasteiger partial charge is 0.341 e. The molecule has 2 atom stereocenters. The summed E-state index contributed by atoms with van der Waals surface area (Å²) in [5, 5.41) is 3.54. The van der Waals surface area contributed by atoms with E-state index in [1.807, 2.05) is 29.2 Å². The number of carbonyl (C=O) groups is 1. The van der Waals surface area contributed by atoms with Gasteiger partial charge in [-0.15, -0.1) is 0 Å². The zero-order chi connectivity index (χ0) is 13.2. The third-order valence-corrected chi connectivity index (χ3v) is 4.75. The van der Waals surface area contributed by atoms with Crippen LogP contribution in [0.25, 0.3) is 0 Å².